The maximum absolute atomic E-state index is 12.8. The van der Waals surface area contributed by atoms with Crippen LogP contribution in [-0.4, -0.2) is 25.8 Å². The van der Waals surface area contributed by atoms with E-state index < -0.39 is 11.7 Å². The summed E-state index contributed by atoms with van der Waals surface area (Å²) in [5.41, 5.74) is 4.06. The normalized spacial score (nSPS) is 11.0. The molecular formula is C17H17FN2O3. The average Bonchev–Trinajstić information content (AvgIpc) is 2.59. The Kier molecular flexibility index (Phi) is 5.30. The topological polar surface area (TPSA) is 59.9 Å². The minimum atomic E-state index is -0.420. The highest BCUT2D eigenvalue weighted by Crippen LogP contribution is 2.25. The first kappa shape index (κ1) is 16.5. The van der Waals surface area contributed by atoms with Crippen LogP contribution in [0, 0.1) is 5.82 Å². The van der Waals surface area contributed by atoms with Gasteiger partial charge in [-0.1, -0.05) is 0 Å². The average molecular weight is 316 g/mol. The number of ether oxygens (including phenoxy) is 2. The van der Waals surface area contributed by atoms with Crippen molar-refractivity contribution in [1.29, 1.82) is 0 Å². The smallest absolute Gasteiger partial charge is 0.271 e. The number of amides is 1. The van der Waals surface area contributed by atoms with Gasteiger partial charge in [-0.2, -0.15) is 5.10 Å². The Morgan fingerprint density at radius 2 is 1.78 bits per heavy atom. The molecule has 2 aromatic rings. The van der Waals surface area contributed by atoms with Crippen molar-refractivity contribution in [1.82, 2.24) is 5.43 Å². The molecule has 0 saturated carbocycles. The largest absolute Gasteiger partial charge is 0.497 e. The standard InChI is InChI=1S/C17H17FN2O3/c1-11(15-9-8-14(22-2)10-16(15)23-3)19-20-17(21)12-4-6-13(18)7-5-12/h4-10H,1-3H3,(H,20,21). The fourth-order valence-electron chi connectivity index (χ4n) is 1.96. The third-order valence-electron chi connectivity index (χ3n) is 3.23. The highest BCUT2D eigenvalue weighted by Gasteiger charge is 2.09. The number of carbonyl (C=O) groups excluding carboxylic acids is 1. The number of hydrogen-bond donors (Lipinski definition) is 1. The fraction of sp³-hybridized carbons (Fsp3) is 0.176. The van der Waals surface area contributed by atoms with Gasteiger partial charge in [-0.3, -0.25) is 4.79 Å². The maximum atomic E-state index is 12.8. The van der Waals surface area contributed by atoms with Gasteiger partial charge in [0.2, 0.25) is 0 Å². The van der Waals surface area contributed by atoms with Crippen LogP contribution in [0.1, 0.15) is 22.8 Å². The Labute approximate surface area is 133 Å². The van der Waals surface area contributed by atoms with E-state index in [-0.39, 0.29) is 0 Å². The van der Waals surface area contributed by atoms with E-state index in [1.807, 2.05) is 0 Å². The molecule has 0 aromatic heterocycles. The van der Waals surface area contributed by atoms with Crippen LogP contribution in [0.3, 0.4) is 0 Å². The Hall–Kier alpha value is -2.89. The van der Waals surface area contributed by atoms with Crippen LogP contribution in [0.15, 0.2) is 47.6 Å². The van der Waals surface area contributed by atoms with Crippen LogP contribution >= 0.6 is 0 Å². The van der Waals surface area contributed by atoms with Gasteiger partial charge in [0.25, 0.3) is 5.91 Å². The number of nitrogens with one attached hydrogen (secondary N) is 1. The predicted molar refractivity (Wildman–Crippen MR) is 85.6 cm³/mol. The minimum absolute atomic E-state index is 0.324. The van der Waals surface area contributed by atoms with Crippen LogP contribution in [0.25, 0.3) is 0 Å². The lowest BCUT2D eigenvalue weighted by molar-refractivity contribution is 0.0955. The number of nitrogens with zero attached hydrogens (tertiary/aromatic N) is 1. The van der Waals surface area contributed by atoms with Crippen molar-refractivity contribution in [3.8, 4) is 11.5 Å². The fourth-order valence-corrected chi connectivity index (χ4v) is 1.96. The molecule has 120 valence electrons. The zero-order valence-corrected chi connectivity index (χ0v) is 13.1. The predicted octanol–water partition coefficient (Wildman–Crippen LogP) is 3.00. The second-order valence-electron chi connectivity index (χ2n) is 4.71. The van der Waals surface area contributed by atoms with Crippen LogP contribution in [0.2, 0.25) is 0 Å². The van der Waals surface area contributed by atoms with E-state index in [0.717, 1.165) is 5.56 Å². The van der Waals surface area contributed by atoms with Gasteiger partial charge < -0.3 is 9.47 Å². The van der Waals surface area contributed by atoms with Gasteiger partial charge in [0, 0.05) is 17.2 Å². The van der Waals surface area contributed by atoms with Crippen molar-refractivity contribution in [3.63, 3.8) is 0 Å². The van der Waals surface area contributed by atoms with E-state index in [1.165, 1.54) is 24.3 Å². The van der Waals surface area contributed by atoms with Crippen LogP contribution in [0.4, 0.5) is 4.39 Å². The first-order valence-electron chi connectivity index (χ1n) is 6.87. The summed E-state index contributed by atoms with van der Waals surface area (Å²) in [6.07, 6.45) is 0. The molecule has 0 atom stereocenters. The van der Waals surface area contributed by atoms with Crippen molar-refractivity contribution in [3.05, 3.63) is 59.4 Å². The highest BCUT2D eigenvalue weighted by molar-refractivity contribution is 6.02. The number of methoxy groups -OCH3 is 2. The van der Waals surface area contributed by atoms with Crippen molar-refractivity contribution >= 4 is 11.6 Å². The van der Waals surface area contributed by atoms with Crippen molar-refractivity contribution < 1.29 is 18.7 Å². The summed E-state index contributed by atoms with van der Waals surface area (Å²) in [6.45, 7) is 1.75. The summed E-state index contributed by atoms with van der Waals surface area (Å²) >= 11 is 0. The first-order chi connectivity index (χ1) is 11.0. The van der Waals surface area contributed by atoms with Gasteiger partial charge in [-0.25, -0.2) is 9.82 Å². The molecule has 0 aliphatic rings. The van der Waals surface area contributed by atoms with Gasteiger partial charge in [-0.15, -0.1) is 0 Å². The summed E-state index contributed by atoms with van der Waals surface area (Å²) in [4.78, 5) is 12.0. The summed E-state index contributed by atoms with van der Waals surface area (Å²) in [5, 5.41) is 4.06. The maximum Gasteiger partial charge on any atom is 0.271 e. The second-order valence-corrected chi connectivity index (χ2v) is 4.71. The van der Waals surface area contributed by atoms with Gasteiger partial charge in [0.05, 0.1) is 19.9 Å². The number of carbonyl (C=O) groups is 1. The molecule has 0 unspecified atom stereocenters. The third-order valence-corrected chi connectivity index (χ3v) is 3.23. The van der Waals surface area contributed by atoms with Gasteiger partial charge in [-0.05, 0) is 43.3 Å². The van der Waals surface area contributed by atoms with E-state index in [0.29, 0.717) is 22.8 Å². The molecule has 0 aliphatic carbocycles. The highest BCUT2D eigenvalue weighted by atomic mass is 19.1. The number of benzene rings is 2. The summed E-state index contributed by atoms with van der Waals surface area (Å²) in [6, 6.07) is 10.5. The van der Waals surface area contributed by atoms with Crippen LogP contribution in [0.5, 0.6) is 11.5 Å². The Balaban J connectivity index is 2.16. The number of halogens is 1. The Morgan fingerprint density at radius 3 is 2.39 bits per heavy atom. The summed E-state index contributed by atoms with van der Waals surface area (Å²) < 4.78 is 23.3. The number of rotatable bonds is 5. The van der Waals surface area contributed by atoms with Crippen LogP contribution in [-0.2, 0) is 0 Å². The quantitative estimate of drug-likeness (QED) is 0.681. The molecule has 0 saturated heterocycles. The molecule has 5 nitrogen and oxygen atoms in total. The van der Waals surface area contributed by atoms with Gasteiger partial charge >= 0.3 is 0 Å². The zero-order valence-electron chi connectivity index (χ0n) is 13.1. The van der Waals surface area contributed by atoms with E-state index in [2.05, 4.69) is 10.5 Å². The zero-order chi connectivity index (χ0) is 16.8. The van der Waals surface area contributed by atoms with Gasteiger partial charge in [0.15, 0.2) is 0 Å². The second kappa shape index (κ2) is 7.40. The molecule has 1 amide bonds. The van der Waals surface area contributed by atoms with Gasteiger partial charge in [0.1, 0.15) is 17.3 Å². The molecule has 1 N–H and O–H groups in total. The molecule has 0 spiro atoms. The minimum Gasteiger partial charge on any atom is -0.497 e. The molecule has 2 rings (SSSR count). The summed E-state index contributed by atoms with van der Waals surface area (Å²) in [7, 11) is 3.11. The lowest BCUT2D eigenvalue weighted by atomic mass is 10.1. The molecular weight excluding hydrogens is 299 g/mol. The van der Waals surface area contributed by atoms with E-state index >= 15 is 0 Å². The SMILES string of the molecule is COc1ccc(C(C)=NNC(=O)c2ccc(F)cc2)c(OC)c1. The Morgan fingerprint density at radius 1 is 1.09 bits per heavy atom. The lowest BCUT2D eigenvalue weighted by Gasteiger charge is -2.10. The number of hydrazone groups is 1. The van der Waals surface area contributed by atoms with E-state index in [4.69, 9.17) is 9.47 Å². The molecule has 0 aliphatic heterocycles. The first-order valence-corrected chi connectivity index (χ1v) is 6.87. The Bertz CT molecular complexity index is 727. The number of hydrogen-bond acceptors (Lipinski definition) is 4. The van der Waals surface area contributed by atoms with Crippen molar-refractivity contribution in [2.45, 2.75) is 6.92 Å². The summed E-state index contributed by atoms with van der Waals surface area (Å²) in [5.74, 6) is 0.427. The van der Waals surface area contributed by atoms with E-state index in [1.54, 1.807) is 39.3 Å². The molecule has 23 heavy (non-hydrogen) atoms. The van der Waals surface area contributed by atoms with E-state index in [9.17, 15) is 9.18 Å². The lowest BCUT2D eigenvalue weighted by Crippen LogP contribution is -2.19. The van der Waals surface area contributed by atoms with Crippen LogP contribution < -0.4 is 14.9 Å². The van der Waals surface area contributed by atoms with Crippen molar-refractivity contribution in [2.75, 3.05) is 14.2 Å². The molecule has 6 heteroatoms. The molecule has 0 heterocycles. The molecule has 0 radical (unpaired) electrons. The third kappa shape index (κ3) is 4.06. The van der Waals surface area contributed by atoms with Crippen molar-refractivity contribution in [2.24, 2.45) is 5.10 Å². The monoisotopic (exact) mass is 316 g/mol. The molecule has 2 aromatic carbocycles. The molecule has 0 fully saturated rings. The molecule has 0 bridgehead atoms.